The van der Waals surface area contributed by atoms with Crippen molar-refractivity contribution >= 4 is 10.1 Å². The molecule has 0 bridgehead atoms. The monoisotopic (exact) mass is 356 g/mol. The molecule has 0 saturated carbocycles. The second-order valence-electron chi connectivity index (χ2n) is 6.51. The lowest BCUT2D eigenvalue weighted by Crippen LogP contribution is -1.97. The maximum absolute atomic E-state index is 10.9. The molecule has 0 spiro atoms. The highest BCUT2D eigenvalue weighted by molar-refractivity contribution is 7.89. The summed E-state index contributed by atoms with van der Waals surface area (Å²) in [6.45, 7) is 7.46. The number of hydrogen-bond donors (Lipinski definition) is 1. The third-order valence-electron chi connectivity index (χ3n) is 4.29. The first kappa shape index (κ1) is 23.1. The van der Waals surface area contributed by atoms with Crippen molar-refractivity contribution in [1.82, 2.24) is 0 Å². The molecule has 0 aromatic rings. The van der Waals surface area contributed by atoms with E-state index in [-0.39, 0.29) is 10.8 Å². The van der Waals surface area contributed by atoms with E-state index < -0.39 is 10.1 Å². The van der Waals surface area contributed by atoms with E-state index in [9.17, 15) is 8.42 Å². The van der Waals surface area contributed by atoms with Gasteiger partial charge in [0.15, 0.2) is 0 Å². The third-order valence-corrected chi connectivity index (χ3v) is 5.24. The van der Waals surface area contributed by atoms with Crippen molar-refractivity contribution in [2.24, 2.45) is 5.92 Å². The van der Waals surface area contributed by atoms with Crippen LogP contribution in [0.2, 0.25) is 0 Å². The Morgan fingerprint density at radius 1 is 1.00 bits per heavy atom. The largest absolute Gasteiger partial charge is 0.290 e. The Labute approximate surface area is 149 Å². The van der Waals surface area contributed by atoms with Gasteiger partial charge in [-0.3, -0.25) is 4.55 Å². The van der Waals surface area contributed by atoms with E-state index in [1.54, 1.807) is 6.08 Å². The van der Waals surface area contributed by atoms with Crippen molar-refractivity contribution in [3.63, 3.8) is 0 Å². The fourth-order valence-corrected chi connectivity index (χ4v) is 2.83. The van der Waals surface area contributed by atoms with E-state index in [4.69, 9.17) is 4.55 Å². The van der Waals surface area contributed by atoms with E-state index in [1.807, 2.05) is 12.2 Å². The molecule has 0 amide bonds. The van der Waals surface area contributed by atoms with Gasteiger partial charge in [-0.1, -0.05) is 89.4 Å². The molecule has 0 rings (SSSR count). The van der Waals surface area contributed by atoms with Crippen LogP contribution in [0.15, 0.2) is 35.8 Å². The summed E-state index contributed by atoms with van der Waals surface area (Å²) < 4.78 is 30.6. The van der Waals surface area contributed by atoms with Gasteiger partial charge in [-0.2, -0.15) is 8.42 Å². The third kappa shape index (κ3) is 13.6. The van der Waals surface area contributed by atoms with Crippen LogP contribution in [0, 0.1) is 5.92 Å². The highest BCUT2D eigenvalue weighted by Crippen LogP contribution is 2.16. The predicted octanol–water partition coefficient (Wildman–Crippen LogP) is 6.45. The van der Waals surface area contributed by atoms with Gasteiger partial charge in [-0.15, -0.1) is 6.58 Å². The van der Waals surface area contributed by atoms with E-state index >= 15 is 0 Å². The molecule has 1 atom stereocenters. The van der Waals surface area contributed by atoms with Gasteiger partial charge in [0.05, 0.1) is 4.91 Å². The Bertz CT molecular complexity index is 475. The van der Waals surface area contributed by atoms with Crippen LogP contribution < -0.4 is 0 Å². The van der Waals surface area contributed by atoms with Crippen LogP contribution in [0.25, 0.3) is 0 Å². The van der Waals surface area contributed by atoms with Crippen LogP contribution in [-0.4, -0.2) is 13.0 Å². The van der Waals surface area contributed by atoms with Gasteiger partial charge in [-0.05, 0) is 25.3 Å². The van der Waals surface area contributed by atoms with Crippen molar-refractivity contribution in [2.75, 3.05) is 0 Å². The number of unbranched alkanes of at least 4 members (excludes halogenated alkanes) is 9. The van der Waals surface area contributed by atoms with E-state index in [0.717, 1.165) is 12.8 Å². The molecule has 4 heteroatoms. The van der Waals surface area contributed by atoms with Crippen molar-refractivity contribution in [3.05, 3.63) is 35.8 Å². The van der Waals surface area contributed by atoms with Gasteiger partial charge >= 0.3 is 0 Å². The zero-order valence-corrected chi connectivity index (χ0v) is 16.4. The second kappa shape index (κ2) is 14.5. The first-order valence-electron chi connectivity index (χ1n) is 9.37. The minimum atomic E-state index is -4.06. The lowest BCUT2D eigenvalue weighted by Gasteiger charge is -2.07. The fraction of sp³-hybridized carbons (Fsp3) is 0.700. The summed E-state index contributed by atoms with van der Waals surface area (Å²) in [6.07, 6.45) is 21.2. The average molecular weight is 357 g/mol. The molecule has 0 fully saturated rings. The Morgan fingerprint density at radius 2 is 1.50 bits per heavy atom. The topological polar surface area (TPSA) is 54.4 Å². The van der Waals surface area contributed by atoms with Crippen LogP contribution in [0.1, 0.15) is 84.5 Å². The van der Waals surface area contributed by atoms with Gasteiger partial charge in [0, 0.05) is 0 Å². The number of rotatable bonds is 15. The smallest absolute Gasteiger partial charge is 0.282 e. The van der Waals surface area contributed by atoms with Gasteiger partial charge in [0.1, 0.15) is 0 Å². The predicted molar refractivity (Wildman–Crippen MR) is 105 cm³/mol. The molecule has 0 aliphatic rings. The molecule has 3 nitrogen and oxygen atoms in total. The molecule has 140 valence electrons. The van der Waals surface area contributed by atoms with Crippen molar-refractivity contribution < 1.29 is 13.0 Å². The molecular formula is C20H36O3S. The molecule has 24 heavy (non-hydrogen) atoms. The lowest BCUT2D eigenvalue weighted by molar-refractivity contribution is 0.491. The minimum Gasteiger partial charge on any atom is -0.282 e. The normalized spacial score (nSPS) is 14.2. The summed E-state index contributed by atoms with van der Waals surface area (Å²) in [7, 11) is -4.06. The van der Waals surface area contributed by atoms with Crippen LogP contribution in [0.5, 0.6) is 0 Å². The SMILES string of the molecule is C=CC(C=C/C=C(\C)S(=O)(=O)O)CCCCCCCCCCCC. The van der Waals surface area contributed by atoms with Crippen LogP contribution in [-0.2, 0) is 10.1 Å². The van der Waals surface area contributed by atoms with Gasteiger partial charge < -0.3 is 0 Å². The molecule has 0 aliphatic heterocycles. The quantitative estimate of drug-likeness (QED) is 0.159. The van der Waals surface area contributed by atoms with Crippen LogP contribution in [0.3, 0.4) is 0 Å². The maximum Gasteiger partial charge on any atom is 0.290 e. The average Bonchev–Trinajstić information content (AvgIpc) is 2.53. The minimum absolute atomic E-state index is 0.0412. The first-order valence-corrected chi connectivity index (χ1v) is 10.8. The first-order chi connectivity index (χ1) is 11.4. The van der Waals surface area contributed by atoms with E-state index in [0.29, 0.717) is 0 Å². The van der Waals surface area contributed by atoms with E-state index in [2.05, 4.69) is 13.5 Å². The highest BCUT2D eigenvalue weighted by atomic mass is 32.2. The van der Waals surface area contributed by atoms with Gasteiger partial charge in [0.25, 0.3) is 10.1 Å². The Kier molecular flexibility index (Phi) is 13.9. The summed E-state index contributed by atoms with van der Waals surface area (Å²) in [5.41, 5.74) is 0. The molecule has 0 aliphatic carbocycles. The van der Waals surface area contributed by atoms with Crippen molar-refractivity contribution in [3.8, 4) is 0 Å². The molecule has 0 heterocycles. The van der Waals surface area contributed by atoms with Crippen molar-refractivity contribution in [2.45, 2.75) is 84.5 Å². The van der Waals surface area contributed by atoms with Gasteiger partial charge in [-0.25, -0.2) is 0 Å². The summed E-state index contributed by atoms with van der Waals surface area (Å²) >= 11 is 0. The Morgan fingerprint density at radius 3 is 1.96 bits per heavy atom. The second-order valence-corrected chi connectivity index (χ2v) is 8.10. The number of hydrogen-bond acceptors (Lipinski definition) is 2. The molecule has 0 aromatic carbocycles. The molecule has 0 radical (unpaired) electrons. The Balaban J connectivity index is 3.78. The summed E-state index contributed by atoms with van der Waals surface area (Å²) in [4.78, 5) is -0.0412. The Hall–Kier alpha value is -0.870. The van der Waals surface area contributed by atoms with Gasteiger partial charge in [0.2, 0.25) is 0 Å². The standard InChI is InChI=1S/C20H36O3S/c1-4-6-7-8-9-10-11-12-13-14-17-20(5-2)18-15-16-19(3)24(21,22)23/h5,15-16,18,20H,2,4,6-14,17H2,1,3H3,(H,21,22,23)/b18-15?,19-16+. The molecular weight excluding hydrogens is 320 g/mol. The summed E-state index contributed by atoms with van der Waals surface area (Å²) in [5, 5.41) is 0. The highest BCUT2D eigenvalue weighted by Gasteiger charge is 2.05. The molecule has 0 aromatic heterocycles. The van der Waals surface area contributed by atoms with Crippen molar-refractivity contribution in [1.29, 1.82) is 0 Å². The molecule has 0 saturated heterocycles. The fourth-order valence-electron chi connectivity index (χ4n) is 2.58. The maximum atomic E-state index is 10.9. The summed E-state index contributed by atoms with van der Waals surface area (Å²) in [6, 6.07) is 0. The number of allylic oxidation sites excluding steroid dienone is 5. The molecule has 1 N–H and O–H groups in total. The lowest BCUT2D eigenvalue weighted by atomic mass is 9.99. The zero-order valence-electron chi connectivity index (χ0n) is 15.5. The zero-order chi connectivity index (χ0) is 18.3. The van der Waals surface area contributed by atoms with Crippen LogP contribution in [0.4, 0.5) is 0 Å². The van der Waals surface area contributed by atoms with Crippen LogP contribution >= 0.6 is 0 Å². The van der Waals surface area contributed by atoms with E-state index in [1.165, 1.54) is 70.8 Å². The summed E-state index contributed by atoms with van der Waals surface area (Å²) in [5.74, 6) is 0.254. The molecule has 1 unspecified atom stereocenters.